The van der Waals surface area contributed by atoms with Crippen LogP contribution in [0.5, 0.6) is 0 Å². The van der Waals surface area contributed by atoms with Crippen LogP contribution in [0.2, 0.25) is 0 Å². The summed E-state index contributed by atoms with van der Waals surface area (Å²) in [5, 5.41) is 4.90. The predicted molar refractivity (Wildman–Crippen MR) is 258 cm³/mol. The van der Waals surface area contributed by atoms with Gasteiger partial charge in [0, 0.05) is 49.6 Å². The average molecular weight is 791 g/mol. The van der Waals surface area contributed by atoms with Gasteiger partial charge in [-0.1, -0.05) is 164 Å². The van der Waals surface area contributed by atoms with Gasteiger partial charge in [-0.25, -0.2) is 9.97 Å². The van der Waals surface area contributed by atoms with Crippen molar-refractivity contribution in [2.24, 2.45) is 0 Å². The Morgan fingerprint density at radius 1 is 0.242 bits per heavy atom. The molecule has 0 atom stereocenters. The van der Waals surface area contributed by atoms with Gasteiger partial charge in [0.15, 0.2) is 5.82 Å². The van der Waals surface area contributed by atoms with E-state index >= 15 is 0 Å². The molecule has 12 rings (SSSR count). The monoisotopic (exact) mass is 790 g/mol. The second-order valence-corrected chi connectivity index (χ2v) is 15.8. The molecule has 9 aromatic carbocycles. The Labute approximate surface area is 359 Å². The molecule has 290 valence electrons. The average Bonchev–Trinajstić information content (AvgIpc) is 3.86. The second-order valence-electron chi connectivity index (χ2n) is 15.8. The number of fused-ring (bicyclic) bond motifs is 6. The molecule has 0 N–H and O–H groups in total. The Bertz CT molecular complexity index is 3500. The van der Waals surface area contributed by atoms with Crippen LogP contribution in [0.3, 0.4) is 0 Å². The second kappa shape index (κ2) is 14.7. The van der Waals surface area contributed by atoms with E-state index in [9.17, 15) is 0 Å². The molecule has 4 nitrogen and oxygen atoms in total. The Morgan fingerprint density at radius 3 is 1.23 bits per heavy atom. The molecule has 0 saturated heterocycles. The van der Waals surface area contributed by atoms with Gasteiger partial charge in [-0.15, -0.1) is 0 Å². The number of para-hydroxylation sites is 3. The Balaban J connectivity index is 1.01. The minimum atomic E-state index is 0.686. The van der Waals surface area contributed by atoms with Crippen LogP contribution >= 0.6 is 0 Å². The predicted octanol–water partition coefficient (Wildman–Crippen LogP) is 15.0. The lowest BCUT2D eigenvalue weighted by Gasteiger charge is -2.13. The summed E-state index contributed by atoms with van der Waals surface area (Å²) in [4.78, 5) is 10.5. The summed E-state index contributed by atoms with van der Waals surface area (Å²) < 4.78 is 4.80. The molecule has 0 aliphatic carbocycles. The quantitative estimate of drug-likeness (QED) is 0.161. The number of nitrogens with zero attached hydrogens (tertiary/aromatic N) is 4. The highest BCUT2D eigenvalue weighted by atomic mass is 15.0. The van der Waals surface area contributed by atoms with Gasteiger partial charge >= 0.3 is 0 Å². The lowest BCUT2D eigenvalue weighted by atomic mass is 10.00. The highest BCUT2D eigenvalue weighted by Gasteiger charge is 2.19. The van der Waals surface area contributed by atoms with E-state index in [1.807, 2.05) is 6.07 Å². The molecule has 4 heteroatoms. The summed E-state index contributed by atoms with van der Waals surface area (Å²) in [6.45, 7) is 0. The maximum Gasteiger partial charge on any atom is 0.160 e. The Hall–Kier alpha value is -8.34. The molecule has 0 spiro atoms. The standard InChI is InChI=1S/C58H38N4/c1-4-16-39(17-5-1)42-20-14-22-44(34-42)53-38-52(59-58(60-53)45-23-15-21-43(35-45)40-18-6-2-7-19-40)41-30-32-47(33-31-41)62-55-29-13-11-27-49(55)51-36-56-50(37-57(51)62)48-26-10-12-28-54(48)61(56)46-24-8-3-9-25-46/h1-38H. The lowest BCUT2D eigenvalue weighted by molar-refractivity contribution is 1.17. The van der Waals surface area contributed by atoms with Crippen molar-refractivity contribution in [2.45, 2.75) is 0 Å². The van der Waals surface area contributed by atoms with Crippen LogP contribution in [0.15, 0.2) is 231 Å². The number of hydrogen-bond acceptors (Lipinski definition) is 2. The van der Waals surface area contributed by atoms with Crippen LogP contribution < -0.4 is 0 Å². The minimum absolute atomic E-state index is 0.686. The van der Waals surface area contributed by atoms with E-state index in [-0.39, 0.29) is 0 Å². The molecular weight excluding hydrogens is 753 g/mol. The molecule has 3 heterocycles. The van der Waals surface area contributed by atoms with Crippen molar-refractivity contribution in [3.63, 3.8) is 0 Å². The molecule has 0 aliphatic heterocycles. The van der Waals surface area contributed by atoms with Crippen molar-refractivity contribution in [3.05, 3.63) is 231 Å². The molecular formula is C58H38N4. The minimum Gasteiger partial charge on any atom is -0.309 e. The fourth-order valence-electron chi connectivity index (χ4n) is 9.17. The molecule has 0 unspecified atom stereocenters. The van der Waals surface area contributed by atoms with Gasteiger partial charge in [0.05, 0.1) is 33.5 Å². The van der Waals surface area contributed by atoms with Crippen LogP contribution in [0, 0.1) is 0 Å². The van der Waals surface area contributed by atoms with Crippen LogP contribution in [-0.2, 0) is 0 Å². The molecule has 12 aromatic rings. The summed E-state index contributed by atoms with van der Waals surface area (Å²) >= 11 is 0. The highest BCUT2D eigenvalue weighted by molar-refractivity contribution is 6.19. The van der Waals surface area contributed by atoms with Crippen molar-refractivity contribution in [3.8, 4) is 67.5 Å². The molecule has 3 aromatic heterocycles. The molecule has 0 amide bonds. The van der Waals surface area contributed by atoms with Crippen LogP contribution in [-0.4, -0.2) is 19.1 Å². The largest absolute Gasteiger partial charge is 0.309 e. The highest BCUT2D eigenvalue weighted by Crippen LogP contribution is 2.40. The first kappa shape index (κ1) is 35.6. The van der Waals surface area contributed by atoms with Gasteiger partial charge in [0.25, 0.3) is 0 Å². The number of rotatable bonds is 7. The van der Waals surface area contributed by atoms with Crippen molar-refractivity contribution in [1.82, 2.24) is 19.1 Å². The van der Waals surface area contributed by atoms with E-state index < -0.39 is 0 Å². The molecule has 0 saturated carbocycles. The topological polar surface area (TPSA) is 35.6 Å². The number of aromatic nitrogens is 4. The van der Waals surface area contributed by atoms with Crippen LogP contribution in [0.1, 0.15) is 0 Å². The van der Waals surface area contributed by atoms with Gasteiger partial charge < -0.3 is 9.13 Å². The van der Waals surface area contributed by atoms with Crippen LogP contribution in [0.25, 0.3) is 111 Å². The van der Waals surface area contributed by atoms with Gasteiger partial charge in [-0.2, -0.15) is 0 Å². The third-order valence-corrected chi connectivity index (χ3v) is 12.1. The van der Waals surface area contributed by atoms with Crippen LogP contribution in [0.4, 0.5) is 0 Å². The van der Waals surface area contributed by atoms with Gasteiger partial charge in [0.1, 0.15) is 0 Å². The third-order valence-electron chi connectivity index (χ3n) is 12.1. The maximum absolute atomic E-state index is 5.28. The van der Waals surface area contributed by atoms with E-state index in [0.717, 1.165) is 56.1 Å². The zero-order valence-corrected chi connectivity index (χ0v) is 33.7. The third kappa shape index (κ3) is 6.08. The van der Waals surface area contributed by atoms with Crippen molar-refractivity contribution >= 4 is 43.6 Å². The first-order valence-electron chi connectivity index (χ1n) is 21.1. The Morgan fingerprint density at radius 2 is 0.661 bits per heavy atom. The molecule has 0 aliphatic rings. The van der Waals surface area contributed by atoms with Gasteiger partial charge in [-0.05, 0) is 89.0 Å². The summed E-state index contributed by atoms with van der Waals surface area (Å²) in [6.07, 6.45) is 0. The maximum atomic E-state index is 5.28. The molecule has 62 heavy (non-hydrogen) atoms. The lowest BCUT2D eigenvalue weighted by Crippen LogP contribution is -1.97. The van der Waals surface area contributed by atoms with E-state index in [0.29, 0.717) is 5.82 Å². The van der Waals surface area contributed by atoms with Crippen molar-refractivity contribution < 1.29 is 0 Å². The number of benzene rings is 9. The van der Waals surface area contributed by atoms with Crippen molar-refractivity contribution in [2.75, 3.05) is 0 Å². The van der Waals surface area contributed by atoms with E-state index in [2.05, 4.69) is 234 Å². The van der Waals surface area contributed by atoms with Gasteiger partial charge in [0.2, 0.25) is 0 Å². The molecule has 0 bridgehead atoms. The molecule has 0 fully saturated rings. The smallest absolute Gasteiger partial charge is 0.160 e. The number of hydrogen-bond donors (Lipinski definition) is 0. The summed E-state index contributed by atoms with van der Waals surface area (Å²) in [6, 6.07) is 82.1. The fourth-order valence-corrected chi connectivity index (χ4v) is 9.17. The van der Waals surface area contributed by atoms with E-state index in [1.165, 1.54) is 49.2 Å². The zero-order valence-electron chi connectivity index (χ0n) is 33.7. The fraction of sp³-hybridized carbons (Fsp3) is 0. The van der Waals surface area contributed by atoms with Gasteiger partial charge in [-0.3, -0.25) is 0 Å². The first-order valence-corrected chi connectivity index (χ1v) is 21.1. The normalized spacial score (nSPS) is 11.5. The van der Waals surface area contributed by atoms with E-state index in [4.69, 9.17) is 9.97 Å². The molecule has 0 radical (unpaired) electrons. The SMILES string of the molecule is c1ccc(-c2cccc(-c3cc(-c4ccc(-n5c6ccccc6c6cc7c(cc65)c5ccccc5n7-c5ccccc5)cc4)nc(-c4cccc(-c5ccccc5)c4)n3)c2)cc1. The summed E-state index contributed by atoms with van der Waals surface area (Å²) in [5.74, 6) is 0.686. The van der Waals surface area contributed by atoms with E-state index in [1.54, 1.807) is 0 Å². The summed E-state index contributed by atoms with van der Waals surface area (Å²) in [5.41, 5.74) is 16.3. The first-order chi connectivity index (χ1) is 30.7. The Kier molecular flexibility index (Phi) is 8.46. The zero-order chi connectivity index (χ0) is 41.0. The summed E-state index contributed by atoms with van der Waals surface area (Å²) in [7, 11) is 0. The van der Waals surface area contributed by atoms with Crippen molar-refractivity contribution in [1.29, 1.82) is 0 Å².